The molecule has 1 aliphatic rings. The molecule has 0 aromatic heterocycles. The van der Waals surface area contributed by atoms with Crippen molar-refractivity contribution in [3.05, 3.63) is 33.3 Å². The van der Waals surface area contributed by atoms with Gasteiger partial charge in [0.1, 0.15) is 0 Å². The van der Waals surface area contributed by atoms with E-state index in [9.17, 15) is 4.79 Å². The number of rotatable bonds is 2. The van der Waals surface area contributed by atoms with Crippen LogP contribution in [0.3, 0.4) is 0 Å². The number of benzene rings is 1. The Morgan fingerprint density at radius 1 is 1.53 bits per heavy atom. The van der Waals surface area contributed by atoms with Crippen molar-refractivity contribution < 1.29 is 9.53 Å². The molecule has 15 heavy (non-hydrogen) atoms. The van der Waals surface area contributed by atoms with Gasteiger partial charge in [-0.3, -0.25) is 4.79 Å². The molecule has 2 nitrogen and oxygen atoms in total. The molecule has 1 aliphatic heterocycles. The molecule has 0 bridgehead atoms. The average molecular weight is 290 g/mol. The second kappa shape index (κ2) is 4.64. The van der Waals surface area contributed by atoms with Crippen LogP contribution in [0.4, 0.5) is 0 Å². The zero-order valence-electron chi connectivity index (χ0n) is 8.00. The minimum atomic E-state index is -0.0141. The summed E-state index contributed by atoms with van der Waals surface area (Å²) in [5, 5.41) is 0.584. The van der Waals surface area contributed by atoms with Crippen LogP contribution in [0.15, 0.2) is 22.7 Å². The molecular formula is C11H10BrClO2. The first-order valence-electron chi connectivity index (χ1n) is 4.75. The van der Waals surface area contributed by atoms with Gasteiger partial charge in [-0.1, -0.05) is 27.5 Å². The van der Waals surface area contributed by atoms with Crippen molar-refractivity contribution in [1.29, 1.82) is 0 Å². The van der Waals surface area contributed by atoms with E-state index in [4.69, 9.17) is 16.3 Å². The first kappa shape index (κ1) is 11.1. The molecule has 1 aromatic carbocycles. The van der Waals surface area contributed by atoms with Crippen molar-refractivity contribution in [1.82, 2.24) is 0 Å². The number of carbonyl (C=O) groups is 1. The molecule has 0 spiro atoms. The fraction of sp³-hybridized carbons (Fsp3) is 0.364. The second-order valence-corrected chi connectivity index (χ2v) is 4.84. The maximum atomic E-state index is 12.1. The normalized spacial score (nSPS) is 20.5. The Hall–Kier alpha value is -0.380. The van der Waals surface area contributed by atoms with E-state index in [1.165, 1.54) is 0 Å². The van der Waals surface area contributed by atoms with Crippen LogP contribution in [0, 0.1) is 5.92 Å². The number of hydrogen-bond acceptors (Lipinski definition) is 2. The predicted octanol–water partition coefficient (Wildman–Crippen LogP) is 3.32. The van der Waals surface area contributed by atoms with Crippen LogP contribution in [0.1, 0.15) is 16.8 Å². The van der Waals surface area contributed by atoms with E-state index in [2.05, 4.69) is 15.9 Å². The van der Waals surface area contributed by atoms with Gasteiger partial charge in [-0.2, -0.15) is 0 Å². The van der Waals surface area contributed by atoms with Gasteiger partial charge < -0.3 is 4.74 Å². The largest absolute Gasteiger partial charge is 0.381 e. The summed E-state index contributed by atoms with van der Waals surface area (Å²) in [5.74, 6) is 0.0987. The molecule has 2 rings (SSSR count). The standard InChI is InChI=1S/C11H10BrClO2/c12-10-2-1-8(13)5-9(10)11(14)7-3-4-15-6-7/h1-2,5,7H,3-4,6H2. The van der Waals surface area contributed by atoms with Gasteiger partial charge in [-0.25, -0.2) is 0 Å². The molecule has 1 aromatic rings. The minimum absolute atomic E-state index is 0.0141. The average Bonchev–Trinajstić information content (AvgIpc) is 2.74. The van der Waals surface area contributed by atoms with E-state index in [1.54, 1.807) is 18.2 Å². The molecular weight excluding hydrogens is 279 g/mol. The zero-order valence-corrected chi connectivity index (χ0v) is 10.3. The van der Waals surface area contributed by atoms with Crippen molar-refractivity contribution in [2.24, 2.45) is 5.92 Å². The molecule has 1 unspecified atom stereocenters. The molecule has 1 fully saturated rings. The number of hydrogen-bond donors (Lipinski definition) is 0. The zero-order chi connectivity index (χ0) is 10.8. The van der Waals surface area contributed by atoms with Crippen LogP contribution < -0.4 is 0 Å². The summed E-state index contributed by atoms with van der Waals surface area (Å²) >= 11 is 9.22. The van der Waals surface area contributed by atoms with E-state index in [0.29, 0.717) is 23.8 Å². The second-order valence-electron chi connectivity index (χ2n) is 3.55. The third-order valence-corrected chi connectivity index (χ3v) is 3.42. The van der Waals surface area contributed by atoms with E-state index in [1.807, 2.05) is 0 Å². The molecule has 1 saturated heterocycles. The third-order valence-electron chi connectivity index (χ3n) is 2.49. The molecule has 0 amide bonds. The van der Waals surface area contributed by atoms with E-state index >= 15 is 0 Å². The number of carbonyl (C=O) groups excluding carboxylic acids is 1. The summed E-state index contributed by atoms with van der Waals surface area (Å²) in [5.41, 5.74) is 0.651. The molecule has 1 heterocycles. The fourth-order valence-electron chi connectivity index (χ4n) is 1.65. The van der Waals surface area contributed by atoms with E-state index in [0.717, 1.165) is 10.9 Å². The van der Waals surface area contributed by atoms with Gasteiger partial charge in [0.2, 0.25) is 0 Å². The van der Waals surface area contributed by atoms with Gasteiger partial charge in [0, 0.05) is 27.6 Å². The molecule has 0 saturated carbocycles. The fourth-order valence-corrected chi connectivity index (χ4v) is 2.26. The predicted molar refractivity (Wildman–Crippen MR) is 62.4 cm³/mol. The summed E-state index contributed by atoms with van der Waals surface area (Å²) in [6.45, 7) is 1.20. The highest BCUT2D eigenvalue weighted by molar-refractivity contribution is 9.10. The lowest BCUT2D eigenvalue weighted by molar-refractivity contribution is 0.0899. The Morgan fingerprint density at radius 3 is 3.00 bits per heavy atom. The molecule has 1 atom stereocenters. The maximum absolute atomic E-state index is 12.1. The number of halogens is 2. The summed E-state index contributed by atoms with van der Waals surface area (Å²) in [6.07, 6.45) is 0.803. The SMILES string of the molecule is O=C(c1cc(Cl)ccc1Br)C1CCOC1. The van der Waals surface area contributed by atoms with Crippen LogP contribution in [0.25, 0.3) is 0 Å². The minimum Gasteiger partial charge on any atom is -0.381 e. The van der Waals surface area contributed by atoms with Gasteiger partial charge in [-0.15, -0.1) is 0 Å². The van der Waals surface area contributed by atoms with Gasteiger partial charge in [0.15, 0.2) is 5.78 Å². The Morgan fingerprint density at radius 2 is 2.33 bits per heavy atom. The Labute approximate surface area is 102 Å². The first-order valence-corrected chi connectivity index (χ1v) is 5.92. The lowest BCUT2D eigenvalue weighted by Crippen LogP contribution is -2.15. The van der Waals surface area contributed by atoms with Crippen molar-refractivity contribution in [3.63, 3.8) is 0 Å². The topological polar surface area (TPSA) is 26.3 Å². The summed E-state index contributed by atoms with van der Waals surface area (Å²) in [7, 11) is 0. The van der Waals surface area contributed by atoms with Crippen LogP contribution in [-0.4, -0.2) is 19.0 Å². The Bertz CT molecular complexity index is 386. The highest BCUT2D eigenvalue weighted by Crippen LogP contribution is 2.26. The van der Waals surface area contributed by atoms with Crippen molar-refractivity contribution in [2.75, 3.05) is 13.2 Å². The van der Waals surface area contributed by atoms with Gasteiger partial charge in [0.25, 0.3) is 0 Å². The number of Topliss-reactive ketones (excluding diaryl/α,β-unsaturated/α-hetero) is 1. The van der Waals surface area contributed by atoms with Crippen molar-refractivity contribution in [3.8, 4) is 0 Å². The Balaban J connectivity index is 2.27. The van der Waals surface area contributed by atoms with E-state index in [-0.39, 0.29) is 11.7 Å². The molecule has 4 heteroatoms. The van der Waals surface area contributed by atoms with Crippen LogP contribution in [0.5, 0.6) is 0 Å². The quantitative estimate of drug-likeness (QED) is 0.781. The third kappa shape index (κ3) is 2.41. The number of ether oxygens (including phenoxy) is 1. The van der Waals surface area contributed by atoms with Gasteiger partial charge in [-0.05, 0) is 24.6 Å². The summed E-state index contributed by atoms with van der Waals surface area (Å²) < 4.78 is 6.00. The lowest BCUT2D eigenvalue weighted by atomic mass is 9.97. The van der Waals surface area contributed by atoms with Crippen LogP contribution in [-0.2, 0) is 4.74 Å². The van der Waals surface area contributed by atoms with Crippen LogP contribution in [0.2, 0.25) is 5.02 Å². The highest BCUT2D eigenvalue weighted by Gasteiger charge is 2.25. The van der Waals surface area contributed by atoms with Crippen molar-refractivity contribution in [2.45, 2.75) is 6.42 Å². The summed E-state index contributed by atoms with van der Waals surface area (Å²) in [6, 6.07) is 5.26. The van der Waals surface area contributed by atoms with Gasteiger partial charge in [0.05, 0.1) is 6.61 Å². The molecule has 0 radical (unpaired) electrons. The maximum Gasteiger partial charge on any atom is 0.169 e. The van der Waals surface area contributed by atoms with Crippen molar-refractivity contribution >= 4 is 33.3 Å². The van der Waals surface area contributed by atoms with E-state index < -0.39 is 0 Å². The monoisotopic (exact) mass is 288 g/mol. The Kier molecular flexibility index (Phi) is 3.44. The smallest absolute Gasteiger partial charge is 0.169 e. The lowest BCUT2D eigenvalue weighted by Gasteiger charge is -2.08. The first-order chi connectivity index (χ1) is 7.18. The number of ketones is 1. The molecule has 0 N–H and O–H groups in total. The molecule has 80 valence electrons. The van der Waals surface area contributed by atoms with Crippen LogP contribution >= 0.6 is 27.5 Å². The highest BCUT2D eigenvalue weighted by atomic mass is 79.9. The van der Waals surface area contributed by atoms with Gasteiger partial charge >= 0.3 is 0 Å². The summed E-state index contributed by atoms with van der Waals surface area (Å²) in [4.78, 5) is 12.1. The molecule has 0 aliphatic carbocycles.